The highest BCUT2D eigenvalue weighted by molar-refractivity contribution is 5.91. The van der Waals surface area contributed by atoms with Crippen molar-refractivity contribution in [1.29, 1.82) is 0 Å². The Labute approximate surface area is 207 Å². The van der Waals surface area contributed by atoms with Gasteiger partial charge in [0.15, 0.2) is 0 Å². The van der Waals surface area contributed by atoms with Crippen molar-refractivity contribution in [3.05, 3.63) is 48.0 Å². The maximum absolute atomic E-state index is 13.0. The Hall–Kier alpha value is -3.05. The number of piperazine rings is 1. The van der Waals surface area contributed by atoms with Crippen molar-refractivity contribution < 1.29 is 27.1 Å². The van der Waals surface area contributed by atoms with E-state index in [-0.39, 0.29) is 24.3 Å². The minimum atomic E-state index is -4.61. The fourth-order valence-electron chi connectivity index (χ4n) is 4.47. The molecular formula is C25H32F3N5O3. The number of aromatic amines is 1. The summed E-state index contributed by atoms with van der Waals surface area (Å²) in [7, 11) is 0. The van der Waals surface area contributed by atoms with Crippen LogP contribution in [0, 0.1) is 0 Å². The molecule has 0 aliphatic carbocycles. The molecular weight excluding hydrogens is 475 g/mol. The van der Waals surface area contributed by atoms with E-state index >= 15 is 0 Å². The molecule has 0 radical (unpaired) electrons. The number of rotatable bonds is 11. The molecule has 11 heteroatoms. The number of oxazole rings is 1. The van der Waals surface area contributed by atoms with E-state index in [1.54, 1.807) is 0 Å². The summed E-state index contributed by atoms with van der Waals surface area (Å²) in [6.45, 7) is 4.09. The Kier molecular flexibility index (Phi) is 8.52. The number of amides is 1. The monoisotopic (exact) mass is 507 g/mol. The normalized spacial score (nSPS) is 15.9. The van der Waals surface area contributed by atoms with Crippen LogP contribution in [0.15, 0.2) is 41.1 Å². The van der Waals surface area contributed by atoms with Crippen LogP contribution in [0.4, 0.5) is 19.2 Å². The van der Waals surface area contributed by atoms with Gasteiger partial charge in [0.1, 0.15) is 0 Å². The standard InChI is InChI=1S/C25H32F3N5O3/c1-2-3-6-19(15-18-16-29-21-8-5-4-7-20(18)21)31-23(34)22-17-30-24(36-22)33-11-9-32(10-12-33)13-14-35-25(26,27)28/h4-5,7-8,16-17,19,29H,2-3,6,9-15H2,1H3,(H,31,34). The SMILES string of the molecule is CCCCC(Cc1c[nH]c2ccccc12)NC(=O)c1cnc(N2CCN(CCOC(F)(F)F)CC2)o1. The van der Waals surface area contributed by atoms with Gasteiger partial charge in [0.05, 0.1) is 12.8 Å². The molecule has 1 fully saturated rings. The van der Waals surface area contributed by atoms with Gasteiger partial charge in [-0.05, 0) is 24.5 Å². The van der Waals surface area contributed by atoms with Crippen molar-refractivity contribution in [2.24, 2.45) is 0 Å². The molecule has 1 aromatic carbocycles. The topological polar surface area (TPSA) is 86.6 Å². The number of hydrogen-bond donors (Lipinski definition) is 2. The Morgan fingerprint density at radius 1 is 1.25 bits per heavy atom. The van der Waals surface area contributed by atoms with Crippen molar-refractivity contribution in [1.82, 2.24) is 20.2 Å². The molecule has 36 heavy (non-hydrogen) atoms. The largest absolute Gasteiger partial charge is 0.522 e. The van der Waals surface area contributed by atoms with Gasteiger partial charge in [0, 0.05) is 55.9 Å². The predicted molar refractivity (Wildman–Crippen MR) is 130 cm³/mol. The molecule has 8 nitrogen and oxygen atoms in total. The van der Waals surface area contributed by atoms with Gasteiger partial charge < -0.3 is 19.6 Å². The number of nitrogens with zero attached hydrogens (tertiary/aromatic N) is 3. The zero-order valence-corrected chi connectivity index (χ0v) is 20.3. The zero-order valence-electron chi connectivity index (χ0n) is 20.3. The minimum absolute atomic E-state index is 0.0485. The molecule has 0 saturated carbocycles. The number of nitrogens with one attached hydrogen (secondary N) is 2. The molecule has 1 aliphatic rings. The van der Waals surface area contributed by atoms with Gasteiger partial charge in [-0.3, -0.25) is 14.4 Å². The van der Waals surface area contributed by atoms with Crippen LogP contribution in [0.1, 0.15) is 42.3 Å². The minimum Gasteiger partial charge on any atom is -0.418 e. The van der Waals surface area contributed by atoms with E-state index in [0.29, 0.717) is 38.6 Å². The molecule has 196 valence electrons. The highest BCUT2D eigenvalue weighted by atomic mass is 19.4. The predicted octanol–water partition coefficient (Wildman–Crippen LogP) is 4.35. The number of aromatic nitrogens is 2. The molecule has 1 unspecified atom stereocenters. The average molecular weight is 508 g/mol. The van der Waals surface area contributed by atoms with Crippen LogP contribution in [-0.2, 0) is 11.2 Å². The Morgan fingerprint density at radius 2 is 2.03 bits per heavy atom. The first-order chi connectivity index (χ1) is 17.3. The Morgan fingerprint density at radius 3 is 2.78 bits per heavy atom. The molecule has 1 amide bonds. The van der Waals surface area contributed by atoms with E-state index < -0.39 is 13.0 Å². The summed E-state index contributed by atoms with van der Waals surface area (Å²) in [5.41, 5.74) is 2.23. The van der Waals surface area contributed by atoms with Crippen LogP contribution in [0.5, 0.6) is 0 Å². The first-order valence-electron chi connectivity index (χ1n) is 12.3. The third kappa shape index (κ3) is 7.01. The number of carbonyl (C=O) groups excluding carboxylic acids is 1. The second-order valence-corrected chi connectivity index (χ2v) is 9.01. The number of para-hydroxylation sites is 1. The van der Waals surface area contributed by atoms with E-state index in [4.69, 9.17) is 4.42 Å². The second kappa shape index (κ2) is 11.8. The molecule has 1 atom stereocenters. The van der Waals surface area contributed by atoms with E-state index in [1.165, 1.54) is 6.20 Å². The van der Waals surface area contributed by atoms with Gasteiger partial charge in [-0.15, -0.1) is 13.2 Å². The summed E-state index contributed by atoms with van der Waals surface area (Å²) in [6, 6.07) is 8.39. The Balaban J connectivity index is 1.31. The highest BCUT2D eigenvalue weighted by Crippen LogP contribution is 2.22. The fourth-order valence-corrected chi connectivity index (χ4v) is 4.47. The summed E-state index contributed by atoms with van der Waals surface area (Å²) < 4.78 is 46.1. The van der Waals surface area contributed by atoms with Crippen molar-refractivity contribution in [2.45, 2.75) is 45.0 Å². The fraction of sp³-hybridized carbons (Fsp3) is 0.520. The van der Waals surface area contributed by atoms with Gasteiger partial charge >= 0.3 is 6.36 Å². The first kappa shape index (κ1) is 26.0. The smallest absolute Gasteiger partial charge is 0.418 e. The number of halogens is 3. The average Bonchev–Trinajstić information content (AvgIpc) is 3.50. The Bertz CT molecular complexity index is 1120. The van der Waals surface area contributed by atoms with Crippen LogP contribution in [0.3, 0.4) is 0 Å². The van der Waals surface area contributed by atoms with Crippen LogP contribution in [0.2, 0.25) is 0 Å². The van der Waals surface area contributed by atoms with E-state index in [1.807, 2.05) is 34.2 Å². The summed E-state index contributed by atoms with van der Waals surface area (Å²) in [4.78, 5) is 24.3. The van der Waals surface area contributed by atoms with Crippen LogP contribution >= 0.6 is 0 Å². The number of carbonyl (C=O) groups is 1. The lowest BCUT2D eigenvalue weighted by Gasteiger charge is -2.33. The van der Waals surface area contributed by atoms with E-state index in [0.717, 1.165) is 35.7 Å². The molecule has 3 heterocycles. The lowest BCUT2D eigenvalue weighted by atomic mass is 10.0. The van der Waals surface area contributed by atoms with Crippen molar-refractivity contribution in [2.75, 3.05) is 44.2 Å². The van der Waals surface area contributed by atoms with Gasteiger partial charge in [-0.1, -0.05) is 38.0 Å². The van der Waals surface area contributed by atoms with E-state index in [9.17, 15) is 18.0 Å². The molecule has 4 rings (SSSR count). The third-order valence-electron chi connectivity index (χ3n) is 6.42. The van der Waals surface area contributed by atoms with Gasteiger partial charge in [0.2, 0.25) is 5.76 Å². The molecule has 0 bridgehead atoms. The summed E-state index contributed by atoms with van der Waals surface area (Å²) in [5, 5.41) is 4.26. The molecule has 2 N–H and O–H groups in total. The van der Waals surface area contributed by atoms with Gasteiger partial charge in [0.25, 0.3) is 11.9 Å². The lowest BCUT2D eigenvalue weighted by molar-refractivity contribution is -0.325. The number of H-pyrrole nitrogens is 1. The van der Waals surface area contributed by atoms with Gasteiger partial charge in [-0.2, -0.15) is 0 Å². The number of ether oxygens (including phenoxy) is 1. The molecule has 2 aromatic heterocycles. The quantitative estimate of drug-likeness (QED) is 0.402. The second-order valence-electron chi connectivity index (χ2n) is 9.01. The number of anilines is 1. The van der Waals surface area contributed by atoms with Crippen LogP contribution < -0.4 is 10.2 Å². The maximum Gasteiger partial charge on any atom is 0.522 e. The third-order valence-corrected chi connectivity index (χ3v) is 6.42. The maximum atomic E-state index is 13.0. The van der Waals surface area contributed by atoms with Crippen LogP contribution in [0.25, 0.3) is 10.9 Å². The number of hydrogen-bond acceptors (Lipinski definition) is 6. The number of unbranched alkanes of at least 4 members (excludes halogenated alkanes) is 1. The summed E-state index contributed by atoms with van der Waals surface area (Å²) in [5.74, 6) is -0.163. The summed E-state index contributed by atoms with van der Waals surface area (Å²) >= 11 is 0. The molecule has 1 saturated heterocycles. The van der Waals surface area contributed by atoms with Crippen molar-refractivity contribution >= 4 is 22.8 Å². The zero-order chi connectivity index (χ0) is 25.5. The molecule has 0 spiro atoms. The molecule has 1 aliphatic heterocycles. The van der Waals surface area contributed by atoms with Crippen molar-refractivity contribution in [3.63, 3.8) is 0 Å². The van der Waals surface area contributed by atoms with E-state index in [2.05, 4.69) is 33.0 Å². The number of benzene rings is 1. The lowest BCUT2D eigenvalue weighted by Crippen LogP contribution is -2.47. The molecule has 3 aromatic rings. The van der Waals surface area contributed by atoms with Gasteiger partial charge in [-0.25, -0.2) is 4.98 Å². The number of fused-ring (bicyclic) bond motifs is 1. The van der Waals surface area contributed by atoms with Crippen LogP contribution in [-0.4, -0.2) is 72.5 Å². The highest BCUT2D eigenvalue weighted by Gasteiger charge is 2.29. The first-order valence-corrected chi connectivity index (χ1v) is 12.3. The van der Waals surface area contributed by atoms with Crippen molar-refractivity contribution in [3.8, 4) is 0 Å². The number of alkyl halides is 3. The summed E-state index contributed by atoms with van der Waals surface area (Å²) in [6.07, 6.45) is 2.39.